The predicted octanol–water partition coefficient (Wildman–Crippen LogP) is 3.44. The third-order valence-corrected chi connectivity index (χ3v) is 3.63. The van der Waals surface area contributed by atoms with E-state index in [9.17, 15) is 0 Å². The summed E-state index contributed by atoms with van der Waals surface area (Å²) in [5.41, 5.74) is 12.0. The molecule has 1 heterocycles. The summed E-state index contributed by atoms with van der Waals surface area (Å²) in [6.45, 7) is 4.14. The quantitative estimate of drug-likeness (QED) is 0.699. The maximum atomic E-state index is 5.94. The molecule has 3 aromatic rings. The topological polar surface area (TPSA) is 63.9 Å². The summed E-state index contributed by atoms with van der Waals surface area (Å²) < 4.78 is 5.23. The lowest BCUT2D eigenvalue weighted by atomic mass is 10.0. The zero-order chi connectivity index (χ0) is 14.3. The maximum absolute atomic E-state index is 5.94. The normalized spacial score (nSPS) is 10.9. The molecule has 0 fully saturated rings. The monoisotopic (exact) mass is 267 g/mol. The molecule has 102 valence electrons. The third-order valence-electron chi connectivity index (χ3n) is 3.63. The van der Waals surface area contributed by atoms with Crippen molar-refractivity contribution in [2.45, 2.75) is 13.8 Å². The van der Waals surface area contributed by atoms with E-state index in [2.05, 4.69) is 23.8 Å². The number of rotatable bonds is 2. The number of benzene rings is 2. The Morgan fingerprint density at radius 2 is 1.95 bits per heavy atom. The van der Waals surface area contributed by atoms with Gasteiger partial charge in [0.2, 0.25) is 0 Å². The van der Waals surface area contributed by atoms with Gasteiger partial charge in [-0.05, 0) is 49.2 Å². The molecule has 3 N–H and O–H groups in total. The highest BCUT2D eigenvalue weighted by Crippen LogP contribution is 2.29. The van der Waals surface area contributed by atoms with E-state index in [1.54, 1.807) is 7.11 Å². The van der Waals surface area contributed by atoms with Crippen LogP contribution >= 0.6 is 0 Å². The number of aryl methyl sites for hydroxylation is 1. The number of ether oxygens (including phenoxy) is 1. The average molecular weight is 267 g/mol. The molecule has 0 atom stereocenters. The van der Waals surface area contributed by atoms with Gasteiger partial charge in [0, 0.05) is 17.3 Å². The number of nitrogen functional groups attached to an aromatic ring is 1. The molecule has 0 amide bonds. The fraction of sp³-hybridized carbons (Fsp3) is 0.188. The van der Waals surface area contributed by atoms with Crippen LogP contribution in [0.2, 0.25) is 0 Å². The van der Waals surface area contributed by atoms with Crippen LogP contribution in [-0.2, 0) is 0 Å². The molecule has 2 aromatic carbocycles. The molecule has 0 saturated heterocycles. The van der Waals surface area contributed by atoms with Crippen molar-refractivity contribution >= 4 is 16.7 Å². The van der Waals surface area contributed by atoms with Crippen molar-refractivity contribution in [3.63, 3.8) is 0 Å². The van der Waals surface area contributed by atoms with Crippen LogP contribution in [0.3, 0.4) is 0 Å². The first-order chi connectivity index (χ1) is 9.58. The van der Waals surface area contributed by atoms with E-state index in [-0.39, 0.29) is 0 Å². The lowest BCUT2D eigenvalue weighted by Crippen LogP contribution is -1.93. The third kappa shape index (κ3) is 1.99. The number of aromatic amines is 1. The number of hydrogen-bond acceptors (Lipinski definition) is 3. The van der Waals surface area contributed by atoms with Crippen molar-refractivity contribution in [1.82, 2.24) is 9.97 Å². The predicted molar refractivity (Wildman–Crippen MR) is 82.0 cm³/mol. The van der Waals surface area contributed by atoms with Gasteiger partial charge in [-0.1, -0.05) is 0 Å². The SMILES string of the molecule is COc1ccc2nc(-c3cc(N)cc(C)c3C)[nH]c2c1. The average Bonchev–Trinajstić information content (AvgIpc) is 2.85. The molecule has 0 unspecified atom stereocenters. The van der Waals surface area contributed by atoms with E-state index in [1.807, 2.05) is 30.3 Å². The molecule has 4 nitrogen and oxygen atoms in total. The van der Waals surface area contributed by atoms with Crippen molar-refractivity contribution in [1.29, 1.82) is 0 Å². The maximum Gasteiger partial charge on any atom is 0.138 e. The highest BCUT2D eigenvalue weighted by atomic mass is 16.5. The van der Waals surface area contributed by atoms with Crippen LogP contribution in [-0.4, -0.2) is 17.1 Å². The van der Waals surface area contributed by atoms with Crippen LogP contribution in [0.1, 0.15) is 11.1 Å². The summed E-state index contributed by atoms with van der Waals surface area (Å²) in [4.78, 5) is 7.97. The molecule has 0 spiro atoms. The number of imidazole rings is 1. The summed E-state index contributed by atoms with van der Waals surface area (Å²) in [6, 6.07) is 9.73. The lowest BCUT2D eigenvalue weighted by molar-refractivity contribution is 0.415. The fourth-order valence-electron chi connectivity index (χ4n) is 2.38. The molecule has 0 saturated carbocycles. The number of anilines is 1. The summed E-state index contributed by atoms with van der Waals surface area (Å²) in [7, 11) is 1.66. The zero-order valence-electron chi connectivity index (χ0n) is 11.8. The van der Waals surface area contributed by atoms with Crippen molar-refractivity contribution in [3.05, 3.63) is 41.5 Å². The number of fused-ring (bicyclic) bond motifs is 1. The van der Waals surface area contributed by atoms with Gasteiger partial charge < -0.3 is 15.5 Å². The molecule has 20 heavy (non-hydrogen) atoms. The van der Waals surface area contributed by atoms with Crippen LogP contribution in [0.15, 0.2) is 30.3 Å². The number of aromatic nitrogens is 2. The second-order valence-electron chi connectivity index (χ2n) is 4.98. The number of nitrogens with two attached hydrogens (primary N) is 1. The van der Waals surface area contributed by atoms with Gasteiger partial charge in [-0.2, -0.15) is 0 Å². The number of nitrogens with one attached hydrogen (secondary N) is 1. The van der Waals surface area contributed by atoms with E-state index in [1.165, 1.54) is 5.56 Å². The van der Waals surface area contributed by atoms with Crippen molar-refractivity contribution in [3.8, 4) is 17.1 Å². The first kappa shape index (κ1) is 12.5. The standard InChI is InChI=1S/C16H17N3O/c1-9-6-11(17)7-13(10(9)2)16-18-14-5-4-12(20-3)8-15(14)19-16/h4-8H,17H2,1-3H3,(H,18,19). The van der Waals surface area contributed by atoms with E-state index in [0.29, 0.717) is 0 Å². The molecular weight excluding hydrogens is 250 g/mol. The minimum Gasteiger partial charge on any atom is -0.497 e. The molecule has 0 aliphatic heterocycles. The molecule has 4 heteroatoms. The Balaban J connectivity index is 2.20. The highest BCUT2D eigenvalue weighted by molar-refractivity contribution is 5.82. The minimum atomic E-state index is 0.751. The van der Waals surface area contributed by atoms with Gasteiger partial charge >= 0.3 is 0 Å². The van der Waals surface area contributed by atoms with Gasteiger partial charge in [-0.25, -0.2) is 4.98 Å². The van der Waals surface area contributed by atoms with Crippen LogP contribution < -0.4 is 10.5 Å². The van der Waals surface area contributed by atoms with Crippen LogP contribution in [0.25, 0.3) is 22.4 Å². The van der Waals surface area contributed by atoms with Gasteiger partial charge in [-0.15, -0.1) is 0 Å². The Kier molecular flexibility index (Phi) is 2.86. The highest BCUT2D eigenvalue weighted by Gasteiger charge is 2.10. The van der Waals surface area contributed by atoms with Crippen LogP contribution in [0.5, 0.6) is 5.75 Å². The van der Waals surface area contributed by atoms with Gasteiger partial charge in [0.1, 0.15) is 11.6 Å². The van der Waals surface area contributed by atoms with Crippen molar-refractivity contribution in [2.24, 2.45) is 0 Å². The van der Waals surface area contributed by atoms with E-state index in [4.69, 9.17) is 10.5 Å². The molecule has 0 aliphatic rings. The second-order valence-corrected chi connectivity index (χ2v) is 4.98. The van der Waals surface area contributed by atoms with E-state index >= 15 is 0 Å². The molecule has 3 rings (SSSR count). The van der Waals surface area contributed by atoms with Gasteiger partial charge in [0.25, 0.3) is 0 Å². The smallest absolute Gasteiger partial charge is 0.138 e. The first-order valence-corrected chi connectivity index (χ1v) is 6.49. The number of nitrogens with zero attached hydrogens (tertiary/aromatic N) is 1. The molecule has 0 radical (unpaired) electrons. The van der Waals surface area contributed by atoms with Crippen molar-refractivity contribution in [2.75, 3.05) is 12.8 Å². The summed E-state index contributed by atoms with van der Waals surface area (Å²) in [5.74, 6) is 1.65. The van der Waals surface area contributed by atoms with E-state index in [0.717, 1.165) is 39.4 Å². The molecule has 0 bridgehead atoms. The van der Waals surface area contributed by atoms with Gasteiger partial charge in [-0.3, -0.25) is 0 Å². The number of methoxy groups -OCH3 is 1. The van der Waals surface area contributed by atoms with Crippen LogP contribution in [0, 0.1) is 13.8 Å². The first-order valence-electron chi connectivity index (χ1n) is 6.49. The van der Waals surface area contributed by atoms with Gasteiger partial charge in [0.05, 0.1) is 18.1 Å². The fourth-order valence-corrected chi connectivity index (χ4v) is 2.38. The minimum absolute atomic E-state index is 0.751. The lowest BCUT2D eigenvalue weighted by Gasteiger charge is -2.07. The summed E-state index contributed by atoms with van der Waals surface area (Å²) >= 11 is 0. The molecule has 1 aromatic heterocycles. The van der Waals surface area contributed by atoms with Crippen LogP contribution in [0.4, 0.5) is 5.69 Å². The Bertz CT molecular complexity index is 790. The zero-order valence-corrected chi connectivity index (χ0v) is 11.8. The summed E-state index contributed by atoms with van der Waals surface area (Å²) in [5, 5.41) is 0. The largest absolute Gasteiger partial charge is 0.497 e. The number of H-pyrrole nitrogens is 1. The molecular formula is C16H17N3O. The molecule has 0 aliphatic carbocycles. The van der Waals surface area contributed by atoms with Crippen molar-refractivity contribution < 1.29 is 4.74 Å². The Hall–Kier alpha value is -2.49. The van der Waals surface area contributed by atoms with E-state index < -0.39 is 0 Å². The second kappa shape index (κ2) is 4.56. The Morgan fingerprint density at radius 1 is 1.15 bits per heavy atom. The number of hydrogen-bond donors (Lipinski definition) is 2. The summed E-state index contributed by atoms with van der Waals surface area (Å²) in [6.07, 6.45) is 0. The Morgan fingerprint density at radius 3 is 2.70 bits per heavy atom. The Labute approximate surface area is 117 Å². The van der Waals surface area contributed by atoms with Gasteiger partial charge in [0.15, 0.2) is 0 Å².